The van der Waals surface area contributed by atoms with E-state index in [4.69, 9.17) is 0 Å². The molecule has 1 aromatic carbocycles. The van der Waals surface area contributed by atoms with Crippen LogP contribution in [0.5, 0.6) is 0 Å². The number of thiazole rings is 1. The maximum absolute atomic E-state index is 12.3. The van der Waals surface area contributed by atoms with Crippen molar-refractivity contribution in [1.82, 2.24) is 20.1 Å². The molecule has 1 unspecified atom stereocenters. The van der Waals surface area contributed by atoms with Gasteiger partial charge in [-0.3, -0.25) is 20.1 Å². The molecule has 1 fully saturated rings. The normalized spacial score (nSPS) is 17.7. The number of hydrogen-bond donors (Lipinski definition) is 2. The number of carbonyl (C=O) groups is 1. The van der Waals surface area contributed by atoms with E-state index in [9.17, 15) is 4.79 Å². The van der Waals surface area contributed by atoms with E-state index in [-0.39, 0.29) is 5.91 Å². The number of nitrogens with one attached hydrogen (secondary N) is 2. The van der Waals surface area contributed by atoms with Crippen LogP contribution in [0.3, 0.4) is 0 Å². The lowest BCUT2D eigenvalue weighted by Gasteiger charge is -2.22. The molecule has 2 aromatic heterocycles. The van der Waals surface area contributed by atoms with E-state index in [1.807, 2.05) is 24.3 Å². The van der Waals surface area contributed by atoms with Crippen molar-refractivity contribution in [2.24, 2.45) is 0 Å². The number of benzene rings is 1. The fourth-order valence-electron chi connectivity index (χ4n) is 3.20. The number of nitrogens with zero attached hydrogens (tertiary/aromatic N) is 3. The molecule has 3 aromatic rings. The van der Waals surface area contributed by atoms with Crippen LogP contribution in [0.15, 0.2) is 48.0 Å². The first kappa shape index (κ1) is 16.0. The Morgan fingerprint density at radius 2 is 2.20 bits per heavy atom. The lowest BCUT2D eigenvalue weighted by Crippen LogP contribution is -2.23. The van der Waals surface area contributed by atoms with Crippen molar-refractivity contribution in [2.75, 3.05) is 11.9 Å². The van der Waals surface area contributed by atoms with Gasteiger partial charge in [-0.05, 0) is 37.6 Å². The van der Waals surface area contributed by atoms with Crippen molar-refractivity contribution in [1.29, 1.82) is 0 Å². The lowest BCUT2D eigenvalue weighted by molar-refractivity contribution is 0.102. The predicted molar refractivity (Wildman–Crippen MR) is 97.5 cm³/mol. The van der Waals surface area contributed by atoms with Gasteiger partial charge in [-0.25, -0.2) is 4.98 Å². The monoisotopic (exact) mass is 353 g/mol. The lowest BCUT2D eigenvalue weighted by atomic mass is 10.1. The van der Waals surface area contributed by atoms with Gasteiger partial charge in [0.25, 0.3) is 5.91 Å². The van der Waals surface area contributed by atoms with Gasteiger partial charge in [-0.15, -0.1) is 11.3 Å². The summed E-state index contributed by atoms with van der Waals surface area (Å²) in [4.78, 5) is 19.3. The number of hydrogen-bond acceptors (Lipinski definition) is 5. The molecule has 1 aliphatic rings. The van der Waals surface area contributed by atoms with Crippen LogP contribution < -0.4 is 5.32 Å². The third-order valence-electron chi connectivity index (χ3n) is 4.42. The summed E-state index contributed by atoms with van der Waals surface area (Å²) in [5, 5.41) is 12.6. The van der Waals surface area contributed by atoms with Gasteiger partial charge in [-0.2, -0.15) is 5.10 Å². The molecule has 0 radical (unpaired) electrons. The van der Waals surface area contributed by atoms with E-state index >= 15 is 0 Å². The van der Waals surface area contributed by atoms with Crippen LogP contribution >= 0.6 is 11.3 Å². The second-order valence-corrected chi connectivity index (χ2v) is 6.97. The molecule has 6 nitrogen and oxygen atoms in total. The minimum atomic E-state index is -0.123. The van der Waals surface area contributed by atoms with E-state index in [1.54, 1.807) is 18.3 Å². The molecular formula is C18H19N5OS. The van der Waals surface area contributed by atoms with Gasteiger partial charge in [-0.1, -0.05) is 18.2 Å². The maximum atomic E-state index is 12.3. The topological polar surface area (TPSA) is 73.9 Å². The van der Waals surface area contributed by atoms with E-state index in [0.717, 1.165) is 37.3 Å². The second-order valence-electron chi connectivity index (χ2n) is 6.11. The Morgan fingerprint density at radius 3 is 3.00 bits per heavy atom. The average molecular weight is 353 g/mol. The van der Waals surface area contributed by atoms with E-state index in [2.05, 4.69) is 30.8 Å². The van der Waals surface area contributed by atoms with Crippen LogP contribution in [0.1, 0.15) is 40.6 Å². The van der Waals surface area contributed by atoms with Gasteiger partial charge in [0.1, 0.15) is 0 Å². The number of H-pyrrole nitrogens is 1. The maximum Gasteiger partial charge on any atom is 0.257 e. The van der Waals surface area contributed by atoms with Gasteiger partial charge in [0.05, 0.1) is 11.7 Å². The molecule has 1 amide bonds. The number of aromatic amines is 1. The highest BCUT2D eigenvalue weighted by molar-refractivity contribution is 7.14. The Labute approximate surface area is 149 Å². The SMILES string of the molecule is O=C(Nc1nc(C2CCCN2Cc2ccn[nH]2)cs1)c1ccccc1. The van der Waals surface area contributed by atoms with Gasteiger partial charge >= 0.3 is 0 Å². The summed E-state index contributed by atoms with van der Waals surface area (Å²) in [6.07, 6.45) is 4.02. The third-order valence-corrected chi connectivity index (χ3v) is 5.19. The minimum Gasteiger partial charge on any atom is -0.298 e. The van der Waals surface area contributed by atoms with Crippen molar-refractivity contribution in [3.63, 3.8) is 0 Å². The van der Waals surface area contributed by atoms with Crippen LogP contribution in [-0.2, 0) is 6.54 Å². The van der Waals surface area contributed by atoms with Crippen molar-refractivity contribution >= 4 is 22.4 Å². The van der Waals surface area contributed by atoms with Crippen molar-refractivity contribution in [3.8, 4) is 0 Å². The number of anilines is 1. The fraction of sp³-hybridized carbons (Fsp3) is 0.278. The van der Waals surface area contributed by atoms with Crippen LogP contribution in [-0.4, -0.2) is 32.5 Å². The van der Waals surface area contributed by atoms with Crippen LogP contribution in [0.25, 0.3) is 0 Å². The predicted octanol–water partition coefficient (Wildman–Crippen LogP) is 3.46. The van der Waals surface area contributed by atoms with Crippen LogP contribution in [0.2, 0.25) is 0 Å². The smallest absolute Gasteiger partial charge is 0.257 e. The molecule has 0 spiro atoms. The van der Waals surface area contributed by atoms with Crippen molar-refractivity contribution in [3.05, 3.63) is 64.9 Å². The highest BCUT2D eigenvalue weighted by Crippen LogP contribution is 2.34. The molecule has 0 saturated carbocycles. The highest BCUT2D eigenvalue weighted by Gasteiger charge is 2.28. The first-order chi connectivity index (χ1) is 12.3. The zero-order valence-corrected chi connectivity index (χ0v) is 14.5. The molecule has 7 heteroatoms. The van der Waals surface area contributed by atoms with Crippen molar-refractivity contribution in [2.45, 2.75) is 25.4 Å². The largest absolute Gasteiger partial charge is 0.298 e. The fourth-order valence-corrected chi connectivity index (χ4v) is 3.95. The molecule has 1 atom stereocenters. The molecule has 0 bridgehead atoms. The van der Waals surface area contributed by atoms with Crippen LogP contribution in [0.4, 0.5) is 5.13 Å². The summed E-state index contributed by atoms with van der Waals surface area (Å²) in [7, 11) is 0. The summed E-state index contributed by atoms with van der Waals surface area (Å²) < 4.78 is 0. The first-order valence-electron chi connectivity index (χ1n) is 8.34. The van der Waals surface area contributed by atoms with E-state index in [1.165, 1.54) is 11.3 Å². The van der Waals surface area contributed by atoms with E-state index in [0.29, 0.717) is 16.7 Å². The van der Waals surface area contributed by atoms with Crippen LogP contribution in [0, 0.1) is 0 Å². The molecule has 2 N–H and O–H groups in total. The van der Waals surface area contributed by atoms with Gasteiger partial charge in [0.15, 0.2) is 5.13 Å². The number of rotatable bonds is 5. The summed E-state index contributed by atoms with van der Waals surface area (Å²) in [6.45, 7) is 1.89. The molecular weight excluding hydrogens is 334 g/mol. The summed E-state index contributed by atoms with van der Waals surface area (Å²) >= 11 is 1.48. The van der Waals surface area contributed by atoms with Gasteiger partial charge < -0.3 is 0 Å². The third kappa shape index (κ3) is 3.62. The van der Waals surface area contributed by atoms with Crippen molar-refractivity contribution < 1.29 is 4.79 Å². The Morgan fingerprint density at radius 1 is 1.32 bits per heavy atom. The highest BCUT2D eigenvalue weighted by atomic mass is 32.1. The Balaban J connectivity index is 1.44. The zero-order valence-electron chi connectivity index (χ0n) is 13.7. The standard InChI is InChI=1S/C18H19N5OS/c24-17(13-5-2-1-3-6-13)21-18-20-15(12-25-18)16-7-4-10-23(16)11-14-8-9-19-22-14/h1-3,5-6,8-9,12,16H,4,7,10-11H2,(H,19,22)(H,20,21,24). The summed E-state index contributed by atoms with van der Waals surface area (Å²) in [5.41, 5.74) is 2.78. The Kier molecular flexibility index (Phi) is 4.58. The first-order valence-corrected chi connectivity index (χ1v) is 9.22. The zero-order chi connectivity index (χ0) is 17.1. The minimum absolute atomic E-state index is 0.123. The number of aromatic nitrogens is 3. The van der Waals surface area contributed by atoms with E-state index < -0.39 is 0 Å². The Hall–Kier alpha value is -2.51. The second kappa shape index (κ2) is 7.16. The molecule has 1 aliphatic heterocycles. The Bertz CT molecular complexity index is 830. The number of carbonyl (C=O) groups excluding carboxylic acids is 1. The summed E-state index contributed by atoms with van der Waals surface area (Å²) in [6, 6.07) is 11.5. The quantitative estimate of drug-likeness (QED) is 0.737. The molecule has 4 rings (SSSR count). The van der Waals surface area contributed by atoms with Gasteiger partial charge in [0.2, 0.25) is 0 Å². The number of amides is 1. The molecule has 0 aliphatic carbocycles. The summed E-state index contributed by atoms with van der Waals surface area (Å²) in [5.74, 6) is -0.123. The number of likely N-dealkylation sites (tertiary alicyclic amines) is 1. The van der Waals surface area contributed by atoms with Gasteiger partial charge in [0, 0.05) is 29.4 Å². The molecule has 25 heavy (non-hydrogen) atoms. The molecule has 3 heterocycles. The average Bonchev–Trinajstić information content (AvgIpc) is 3.38. The molecule has 1 saturated heterocycles. The molecule has 128 valence electrons.